The molecule has 3 rings (SSSR count). The number of primary amides is 1. The minimum absolute atomic E-state index is 0.00128. The number of amides is 4. The number of hydrogen-bond acceptors (Lipinski definition) is 4. The Morgan fingerprint density at radius 2 is 1.92 bits per heavy atom. The van der Waals surface area contributed by atoms with Crippen molar-refractivity contribution in [2.24, 2.45) is 5.73 Å². The molecule has 4 amide bonds. The first kappa shape index (κ1) is 16.2. The van der Waals surface area contributed by atoms with Crippen molar-refractivity contribution in [1.82, 2.24) is 9.80 Å². The number of imide groups is 1. The van der Waals surface area contributed by atoms with Crippen LogP contribution in [0.2, 0.25) is 0 Å². The van der Waals surface area contributed by atoms with Crippen molar-refractivity contribution in [3.8, 4) is 0 Å². The van der Waals surface area contributed by atoms with Crippen LogP contribution in [0.25, 0.3) is 0 Å². The predicted octanol–water partition coefficient (Wildman–Crippen LogP) is 2.13. The molecule has 1 saturated heterocycles. The summed E-state index contributed by atoms with van der Waals surface area (Å²) in [5, 5.41) is 1.87. The SMILES string of the molecule is NC(=O)CC(c1cccs1)N1CC(=O)N(Cc2ccccc2)C1=O. The summed E-state index contributed by atoms with van der Waals surface area (Å²) in [5.74, 6) is -0.773. The Morgan fingerprint density at radius 3 is 2.54 bits per heavy atom. The van der Waals surface area contributed by atoms with Crippen LogP contribution in [0.3, 0.4) is 0 Å². The maximum Gasteiger partial charge on any atom is 0.328 e. The second-order valence-corrected chi connectivity index (χ2v) is 6.56. The van der Waals surface area contributed by atoms with Crippen LogP contribution in [0.4, 0.5) is 4.79 Å². The van der Waals surface area contributed by atoms with Gasteiger partial charge in [0.15, 0.2) is 0 Å². The van der Waals surface area contributed by atoms with Crippen LogP contribution in [0, 0.1) is 0 Å². The van der Waals surface area contributed by atoms with E-state index in [2.05, 4.69) is 0 Å². The van der Waals surface area contributed by atoms with Crippen molar-refractivity contribution < 1.29 is 14.4 Å². The van der Waals surface area contributed by atoms with Gasteiger partial charge in [0.1, 0.15) is 6.54 Å². The molecular formula is C17H17N3O3S. The molecule has 2 heterocycles. The van der Waals surface area contributed by atoms with E-state index < -0.39 is 11.9 Å². The number of urea groups is 1. The van der Waals surface area contributed by atoms with Crippen LogP contribution in [0.5, 0.6) is 0 Å². The fraction of sp³-hybridized carbons (Fsp3) is 0.235. The van der Waals surface area contributed by atoms with Crippen molar-refractivity contribution >= 4 is 29.2 Å². The highest BCUT2D eigenvalue weighted by molar-refractivity contribution is 7.10. The Morgan fingerprint density at radius 1 is 1.17 bits per heavy atom. The second-order valence-electron chi connectivity index (χ2n) is 5.58. The minimum Gasteiger partial charge on any atom is -0.370 e. The molecule has 0 aliphatic carbocycles. The molecule has 124 valence electrons. The molecule has 1 aromatic heterocycles. The molecule has 24 heavy (non-hydrogen) atoms. The molecule has 1 atom stereocenters. The topological polar surface area (TPSA) is 83.7 Å². The van der Waals surface area contributed by atoms with Crippen molar-refractivity contribution in [3.63, 3.8) is 0 Å². The molecule has 0 bridgehead atoms. The van der Waals surface area contributed by atoms with Gasteiger partial charge in [-0.2, -0.15) is 0 Å². The number of nitrogens with two attached hydrogens (primary N) is 1. The number of rotatable bonds is 6. The highest BCUT2D eigenvalue weighted by Crippen LogP contribution is 2.31. The lowest BCUT2D eigenvalue weighted by Crippen LogP contribution is -2.36. The van der Waals surface area contributed by atoms with Gasteiger partial charge in [0.2, 0.25) is 5.91 Å². The molecule has 2 N–H and O–H groups in total. The van der Waals surface area contributed by atoms with Gasteiger partial charge in [-0.15, -0.1) is 11.3 Å². The van der Waals surface area contributed by atoms with Crippen molar-refractivity contribution in [2.45, 2.75) is 19.0 Å². The minimum atomic E-state index is -0.504. The van der Waals surface area contributed by atoms with E-state index in [1.807, 2.05) is 47.8 Å². The Kier molecular flexibility index (Phi) is 4.61. The highest BCUT2D eigenvalue weighted by Gasteiger charge is 2.41. The smallest absolute Gasteiger partial charge is 0.328 e. The molecule has 1 aliphatic rings. The van der Waals surface area contributed by atoms with E-state index >= 15 is 0 Å². The molecule has 1 aliphatic heterocycles. The van der Waals surface area contributed by atoms with Gasteiger partial charge in [-0.05, 0) is 17.0 Å². The van der Waals surface area contributed by atoms with E-state index in [1.165, 1.54) is 21.1 Å². The Labute approximate surface area is 143 Å². The van der Waals surface area contributed by atoms with Gasteiger partial charge in [0.25, 0.3) is 5.91 Å². The zero-order valence-corrected chi connectivity index (χ0v) is 13.7. The summed E-state index contributed by atoms with van der Waals surface area (Å²) in [7, 11) is 0. The lowest BCUT2D eigenvalue weighted by Gasteiger charge is -2.25. The first-order valence-electron chi connectivity index (χ1n) is 7.53. The van der Waals surface area contributed by atoms with E-state index in [0.29, 0.717) is 0 Å². The Hall–Kier alpha value is -2.67. The molecule has 0 spiro atoms. The van der Waals surface area contributed by atoms with Gasteiger partial charge in [-0.3, -0.25) is 14.5 Å². The number of hydrogen-bond donors (Lipinski definition) is 1. The number of benzene rings is 1. The van der Waals surface area contributed by atoms with E-state index in [0.717, 1.165) is 10.4 Å². The van der Waals surface area contributed by atoms with E-state index in [4.69, 9.17) is 5.73 Å². The summed E-state index contributed by atoms with van der Waals surface area (Å²) in [6, 6.07) is 12.1. The summed E-state index contributed by atoms with van der Waals surface area (Å²) < 4.78 is 0. The van der Waals surface area contributed by atoms with Crippen molar-refractivity contribution in [1.29, 1.82) is 0 Å². The second kappa shape index (κ2) is 6.84. The highest BCUT2D eigenvalue weighted by atomic mass is 32.1. The number of carbonyl (C=O) groups excluding carboxylic acids is 3. The van der Waals surface area contributed by atoms with Crippen LogP contribution in [0.1, 0.15) is 22.9 Å². The average Bonchev–Trinajstić information content (AvgIpc) is 3.18. The number of nitrogens with zero attached hydrogens (tertiary/aromatic N) is 2. The van der Waals surface area contributed by atoms with Gasteiger partial charge >= 0.3 is 6.03 Å². The first-order chi connectivity index (χ1) is 11.6. The average molecular weight is 343 g/mol. The molecule has 1 aromatic carbocycles. The standard InChI is InChI=1S/C17H17N3O3S/c18-15(21)9-13(14-7-4-8-24-14)19-11-16(22)20(17(19)23)10-12-5-2-1-3-6-12/h1-8,13H,9-11H2,(H2,18,21). The third-order valence-electron chi connectivity index (χ3n) is 3.91. The fourth-order valence-electron chi connectivity index (χ4n) is 2.76. The van der Waals surface area contributed by atoms with Gasteiger partial charge in [-0.25, -0.2) is 4.79 Å². The quantitative estimate of drug-likeness (QED) is 0.816. The fourth-order valence-corrected chi connectivity index (χ4v) is 3.60. The van der Waals surface area contributed by atoms with Crippen LogP contribution < -0.4 is 5.73 Å². The van der Waals surface area contributed by atoms with E-state index in [-0.39, 0.29) is 31.4 Å². The van der Waals surface area contributed by atoms with Crippen LogP contribution in [0.15, 0.2) is 47.8 Å². The van der Waals surface area contributed by atoms with Crippen molar-refractivity contribution in [3.05, 3.63) is 58.3 Å². The monoisotopic (exact) mass is 343 g/mol. The van der Waals surface area contributed by atoms with Gasteiger partial charge in [0, 0.05) is 4.88 Å². The first-order valence-corrected chi connectivity index (χ1v) is 8.41. The molecule has 0 radical (unpaired) electrons. The van der Waals surface area contributed by atoms with E-state index in [1.54, 1.807) is 0 Å². The lowest BCUT2D eigenvalue weighted by molar-refractivity contribution is -0.126. The number of carbonyl (C=O) groups is 3. The van der Waals surface area contributed by atoms with Gasteiger partial charge in [-0.1, -0.05) is 36.4 Å². The summed E-state index contributed by atoms with van der Waals surface area (Å²) in [5.41, 5.74) is 6.21. The summed E-state index contributed by atoms with van der Waals surface area (Å²) in [4.78, 5) is 39.9. The molecular weight excluding hydrogens is 326 g/mol. The molecule has 1 fully saturated rings. The predicted molar refractivity (Wildman–Crippen MR) is 90.0 cm³/mol. The molecule has 0 saturated carbocycles. The Bertz CT molecular complexity index is 746. The maximum atomic E-state index is 12.7. The summed E-state index contributed by atoms with van der Waals surface area (Å²) >= 11 is 1.44. The summed E-state index contributed by atoms with van der Waals surface area (Å²) in [6.45, 7) is 0.185. The zero-order chi connectivity index (χ0) is 17.1. The zero-order valence-electron chi connectivity index (χ0n) is 12.9. The molecule has 2 aromatic rings. The van der Waals surface area contributed by atoms with Gasteiger partial charge in [0.05, 0.1) is 19.0 Å². The molecule has 7 heteroatoms. The lowest BCUT2D eigenvalue weighted by atomic mass is 10.1. The van der Waals surface area contributed by atoms with E-state index in [9.17, 15) is 14.4 Å². The largest absolute Gasteiger partial charge is 0.370 e. The van der Waals surface area contributed by atoms with Crippen LogP contribution in [-0.2, 0) is 16.1 Å². The Balaban J connectivity index is 1.82. The normalized spacial score (nSPS) is 15.8. The maximum absolute atomic E-state index is 12.7. The van der Waals surface area contributed by atoms with Crippen LogP contribution in [-0.4, -0.2) is 34.2 Å². The van der Waals surface area contributed by atoms with Crippen molar-refractivity contribution in [2.75, 3.05) is 6.54 Å². The van der Waals surface area contributed by atoms with Crippen LogP contribution >= 0.6 is 11.3 Å². The van der Waals surface area contributed by atoms with Gasteiger partial charge < -0.3 is 10.6 Å². The number of thiophene rings is 1. The summed E-state index contributed by atoms with van der Waals surface area (Å²) in [6.07, 6.45) is -0.00128. The third-order valence-corrected chi connectivity index (χ3v) is 4.88. The third kappa shape index (κ3) is 3.30. The molecule has 6 nitrogen and oxygen atoms in total. The molecule has 1 unspecified atom stereocenters.